The maximum Gasteiger partial charge on any atom is 0.0292 e. The van der Waals surface area contributed by atoms with Gasteiger partial charge in [0.25, 0.3) is 0 Å². The summed E-state index contributed by atoms with van der Waals surface area (Å²) in [5.41, 5.74) is 0.424. The standard InChI is InChI=1S/C13H26ClN/c1-3-6-12(2)9-15-11-13(10-14)7-4-5-8-13/h12,15H,3-11H2,1-2H3. The third-order valence-electron chi connectivity index (χ3n) is 3.72. The van der Waals surface area contributed by atoms with Gasteiger partial charge in [-0.1, -0.05) is 33.1 Å². The molecule has 1 aliphatic carbocycles. The van der Waals surface area contributed by atoms with E-state index in [9.17, 15) is 0 Å². The van der Waals surface area contributed by atoms with Gasteiger partial charge in [-0.15, -0.1) is 11.6 Å². The van der Waals surface area contributed by atoms with Gasteiger partial charge >= 0.3 is 0 Å². The first kappa shape index (κ1) is 13.3. The SMILES string of the molecule is CCCC(C)CNCC1(CCl)CCCC1. The van der Waals surface area contributed by atoms with Crippen molar-refractivity contribution in [2.75, 3.05) is 19.0 Å². The highest BCUT2D eigenvalue weighted by Crippen LogP contribution is 2.38. The molecule has 0 saturated heterocycles. The van der Waals surface area contributed by atoms with E-state index in [2.05, 4.69) is 19.2 Å². The van der Waals surface area contributed by atoms with E-state index < -0.39 is 0 Å². The lowest BCUT2D eigenvalue weighted by molar-refractivity contribution is 0.309. The number of halogens is 1. The van der Waals surface area contributed by atoms with Crippen molar-refractivity contribution >= 4 is 11.6 Å². The van der Waals surface area contributed by atoms with Crippen LogP contribution in [0, 0.1) is 11.3 Å². The van der Waals surface area contributed by atoms with Gasteiger partial charge in [-0.2, -0.15) is 0 Å². The third kappa shape index (κ3) is 4.32. The molecule has 0 radical (unpaired) electrons. The van der Waals surface area contributed by atoms with Crippen LogP contribution >= 0.6 is 11.6 Å². The van der Waals surface area contributed by atoms with Crippen LogP contribution in [0.25, 0.3) is 0 Å². The number of rotatable bonds is 7. The second kappa shape index (κ2) is 6.75. The molecule has 0 aliphatic heterocycles. The lowest BCUT2D eigenvalue weighted by Gasteiger charge is -2.27. The molecule has 0 amide bonds. The fourth-order valence-electron chi connectivity index (χ4n) is 2.66. The van der Waals surface area contributed by atoms with Gasteiger partial charge in [0.15, 0.2) is 0 Å². The molecule has 0 aromatic rings. The summed E-state index contributed by atoms with van der Waals surface area (Å²) in [4.78, 5) is 0. The van der Waals surface area contributed by atoms with E-state index in [-0.39, 0.29) is 0 Å². The second-order valence-electron chi connectivity index (χ2n) is 5.37. The number of hydrogen-bond donors (Lipinski definition) is 1. The smallest absolute Gasteiger partial charge is 0.0292 e. The summed E-state index contributed by atoms with van der Waals surface area (Å²) < 4.78 is 0. The maximum absolute atomic E-state index is 6.10. The number of hydrogen-bond acceptors (Lipinski definition) is 1. The van der Waals surface area contributed by atoms with Crippen molar-refractivity contribution in [2.24, 2.45) is 11.3 Å². The van der Waals surface area contributed by atoms with Gasteiger partial charge in [-0.25, -0.2) is 0 Å². The average Bonchev–Trinajstić information content (AvgIpc) is 2.68. The Morgan fingerprint density at radius 1 is 1.33 bits per heavy atom. The molecule has 1 unspecified atom stereocenters. The van der Waals surface area contributed by atoms with E-state index in [0.717, 1.165) is 24.9 Å². The molecular formula is C13H26ClN. The third-order valence-corrected chi connectivity index (χ3v) is 4.29. The summed E-state index contributed by atoms with van der Waals surface area (Å²) in [6.45, 7) is 6.88. The van der Waals surface area contributed by atoms with E-state index >= 15 is 0 Å². The van der Waals surface area contributed by atoms with Gasteiger partial charge in [0.1, 0.15) is 0 Å². The summed E-state index contributed by atoms with van der Waals surface area (Å²) in [7, 11) is 0. The molecule has 1 atom stereocenters. The van der Waals surface area contributed by atoms with Crippen LogP contribution in [0.2, 0.25) is 0 Å². The molecule has 1 rings (SSSR count). The largest absolute Gasteiger partial charge is 0.316 e. The predicted molar refractivity (Wildman–Crippen MR) is 68.6 cm³/mol. The molecule has 0 aromatic carbocycles. The topological polar surface area (TPSA) is 12.0 Å². The lowest BCUT2D eigenvalue weighted by Crippen LogP contribution is -2.35. The van der Waals surface area contributed by atoms with Gasteiger partial charge in [0.05, 0.1) is 0 Å². The van der Waals surface area contributed by atoms with Gasteiger partial charge in [0, 0.05) is 12.4 Å². The number of alkyl halides is 1. The Labute approximate surface area is 100.0 Å². The first-order valence-corrected chi connectivity index (χ1v) is 7.02. The predicted octanol–water partition coefficient (Wildman–Crippen LogP) is 3.81. The van der Waals surface area contributed by atoms with Gasteiger partial charge in [-0.3, -0.25) is 0 Å². The Kier molecular flexibility index (Phi) is 5.99. The summed E-state index contributed by atoms with van der Waals surface area (Å²) in [5.74, 6) is 1.64. The molecule has 1 nitrogen and oxygen atoms in total. The summed E-state index contributed by atoms with van der Waals surface area (Å²) in [5, 5.41) is 3.62. The average molecular weight is 232 g/mol. The van der Waals surface area contributed by atoms with Crippen molar-refractivity contribution in [1.82, 2.24) is 5.32 Å². The number of nitrogens with one attached hydrogen (secondary N) is 1. The summed E-state index contributed by atoms with van der Waals surface area (Å²) in [6, 6.07) is 0. The van der Waals surface area contributed by atoms with Gasteiger partial charge in [0.2, 0.25) is 0 Å². The minimum absolute atomic E-state index is 0.424. The van der Waals surface area contributed by atoms with Crippen LogP contribution in [-0.2, 0) is 0 Å². The van der Waals surface area contributed by atoms with Gasteiger partial charge < -0.3 is 5.32 Å². The first-order valence-electron chi connectivity index (χ1n) is 6.49. The van der Waals surface area contributed by atoms with Crippen LogP contribution < -0.4 is 5.32 Å². The zero-order valence-corrected chi connectivity index (χ0v) is 11.1. The highest BCUT2D eigenvalue weighted by Gasteiger charge is 2.32. The molecule has 0 aromatic heterocycles. The molecule has 1 aliphatic rings. The Balaban J connectivity index is 2.17. The van der Waals surface area contributed by atoms with Crippen molar-refractivity contribution < 1.29 is 0 Å². The van der Waals surface area contributed by atoms with Gasteiger partial charge in [-0.05, 0) is 37.1 Å². The molecule has 1 fully saturated rings. The fraction of sp³-hybridized carbons (Fsp3) is 1.00. The van der Waals surface area contributed by atoms with Crippen molar-refractivity contribution in [1.29, 1.82) is 0 Å². The van der Waals surface area contributed by atoms with Crippen LogP contribution in [-0.4, -0.2) is 19.0 Å². The molecule has 0 heterocycles. The van der Waals surface area contributed by atoms with E-state index in [4.69, 9.17) is 11.6 Å². The zero-order chi connectivity index (χ0) is 11.1. The van der Waals surface area contributed by atoms with Crippen molar-refractivity contribution in [3.05, 3.63) is 0 Å². The minimum Gasteiger partial charge on any atom is -0.316 e. The van der Waals surface area contributed by atoms with Crippen LogP contribution in [0.3, 0.4) is 0 Å². The monoisotopic (exact) mass is 231 g/mol. The lowest BCUT2D eigenvalue weighted by atomic mass is 9.88. The Bertz CT molecular complexity index is 164. The maximum atomic E-state index is 6.10. The van der Waals surface area contributed by atoms with Crippen LogP contribution in [0.15, 0.2) is 0 Å². The van der Waals surface area contributed by atoms with E-state index in [1.165, 1.54) is 38.5 Å². The first-order chi connectivity index (χ1) is 7.22. The quantitative estimate of drug-likeness (QED) is 0.657. The van der Waals surface area contributed by atoms with Crippen LogP contribution in [0.4, 0.5) is 0 Å². The van der Waals surface area contributed by atoms with Crippen molar-refractivity contribution in [3.63, 3.8) is 0 Å². The van der Waals surface area contributed by atoms with E-state index in [1.54, 1.807) is 0 Å². The normalized spacial score (nSPS) is 21.8. The molecular weight excluding hydrogens is 206 g/mol. The molecule has 1 saturated carbocycles. The zero-order valence-electron chi connectivity index (χ0n) is 10.3. The molecule has 0 spiro atoms. The highest BCUT2D eigenvalue weighted by molar-refractivity contribution is 6.18. The highest BCUT2D eigenvalue weighted by atomic mass is 35.5. The summed E-state index contributed by atoms with van der Waals surface area (Å²) >= 11 is 6.10. The Hall–Kier alpha value is 0.250. The molecule has 0 bridgehead atoms. The van der Waals surface area contributed by atoms with Crippen molar-refractivity contribution in [2.45, 2.75) is 52.4 Å². The molecule has 1 N–H and O–H groups in total. The van der Waals surface area contributed by atoms with Crippen molar-refractivity contribution in [3.8, 4) is 0 Å². The molecule has 15 heavy (non-hydrogen) atoms. The molecule has 90 valence electrons. The fourth-order valence-corrected chi connectivity index (χ4v) is 3.02. The van der Waals surface area contributed by atoms with Crippen LogP contribution in [0.5, 0.6) is 0 Å². The van der Waals surface area contributed by atoms with E-state index in [0.29, 0.717) is 5.41 Å². The van der Waals surface area contributed by atoms with Crippen LogP contribution in [0.1, 0.15) is 52.4 Å². The Morgan fingerprint density at radius 2 is 2.00 bits per heavy atom. The Morgan fingerprint density at radius 3 is 2.53 bits per heavy atom. The summed E-state index contributed by atoms with van der Waals surface area (Å²) in [6.07, 6.45) is 8.03. The van der Waals surface area contributed by atoms with E-state index in [1.807, 2.05) is 0 Å². The second-order valence-corrected chi connectivity index (χ2v) is 5.63. The minimum atomic E-state index is 0.424. The molecule has 2 heteroatoms.